The molecule has 0 saturated carbocycles. The number of rotatable bonds is 4. The van der Waals surface area contributed by atoms with Crippen LogP contribution in [0.3, 0.4) is 0 Å². The van der Waals surface area contributed by atoms with E-state index in [2.05, 4.69) is 10.4 Å². The fraction of sp³-hybridized carbons (Fsp3) is 0.200. The normalized spacial score (nSPS) is 10.6. The minimum atomic E-state index is -0.0561. The van der Waals surface area contributed by atoms with Gasteiger partial charge in [-0.2, -0.15) is 5.10 Å². The van der Waals surface area contributed by atoms with E-state index >= 15 is 0 Å². The Hall–Kier alpha value is -2.88. The summed E-state index contributed by atoms with van der Waals surface area (Å²) < 4.78 is 1.92. The summed E-state index contributed by atoms with van der Waals surface area (Å²) in [4.78, 5) is 12.4. The Morgan fingerprint density at radius 3 is 2.38 bits per heavy atom. The molecule has 122 valence electrons. The summed E-state index contributed by atoms with van der Waals surface area (Å²) in [5, 5.41) is 7.62. The molecule has 24 heavy (non-hydrogen) atoms. The first-order chi connectivity index (χ1) is 11.6. The number of nitrogens with one attached hydrogen (secondary N) is 1. The van der Waals surface area contributed by atoms with Gasteiger partial charge in [0.25, 0.3) is 5.91 Å². The number of hydrogen-bond donors (Lipinski definition) is 1. The molecule has 0 atom stereocenters. The van der Waals surface area contributed by atoms with Gasteiger partial charge in [0, 0.05) is 23.4 Å². The van der Waals surface area contributed by atoms with E-state index in [-0.39, 0.29) is 5.91 Å². The van der Waals surface area contributed by atoms with Crippen molar-refractivity contribution in [2.45, 2.75) is 27.3 Å². The van der Waals surface area contributed by atoms with Crippen molar-refractivity contribution < 1.29 is 4.79 Å². The number of hydrogen-bond acceptors (Lipinski definition) is 2. The number of aryl methyl sites for hydroxylation is 2. The summed E-state index contributed by atoms with van der Waals surface area (Å²) in [6, 6.07) is 17.6. The van der Waals surface area contributed by atoms with Crippen molar-refractivity contribution in [3.63, 3.8) is 0 Å². The number of carbonyl (C=O) groups is 1. The lowest BCUT2D eigenvalue weighted by atomic mass is 10.1. The fourth-order valence-corrected chi connectivity index (χ4v) is 2.84. The standard InChI is InChI=1S/C20H21N3O/c1-14-9-7-8-12-18(14)20(24)21-13-19-15(2)22-23(16(19)3)17-10-5-4-6-11-17/h4-12H,13H2,1-3H3,(H,21,24). The lowest BCUT2D eigenvalue weighted by molar-refractivity contribution is 0.0950. The van der Waals surface area contributed by atoms with Crippen LogP contribution < -0.4 is 5.32 Å². The summed E-state index contributed by atoms with van der Waals surface area (Å²) in [6.07, 6.45) is 0. The van der Waals surface area contributed by atoms with E-state index in [1.165, 1.54) is 0 Å². The van der Waals surface area contributed by atoms with Gasteiger partial charge in [0.05, 0.1) is 11.4 Å². The molecular weight excluding hydrogens is 298 g/mol. The van der Waals surface area contributed by atoms with Gasteiger partial charge >= 0.3 is 0 Å². The first kappa shape index (κ1) is 16.0. The molecule has 1 N–H and O–H groups in total. The van der Waals surface area contributed by atoms with Crippen LogP contribution in [0.25, 0.3) is 5.69 Å². The third kappa shape index (κ3) is 3.08. The van der Waals surface area contributed by atoms with E-state index in [1.807, 2.05) is 80.1 Å². The molecule has 0 radical (unpaired) electrons. The second-order valence-corrected chi connectivity index (χ2v) is 5.89. The second-order valence-electron chi connectivity index (χ2n) is 5.89. The quantitative estimate of drug-likeness (QED) is 0.796. The molecule has 0 aliphatic heterocycles. The fourth-order valence-electron chi connectivity index (χ4n) is 2.84. The zero-order valence-electron chi connectivity index (χ0n) is 14.2. The number of amides is 1. The highest BCUT2D eigenvalue weighted by Gasteiger charge is 2.14. The smallest absolute Gasteiger partial charge is 0.251 e. The number of carbonyl (C=O) groups excluding carboxylic acids is 1. The van der Waals surface area contributed by atoms with Gasteiger partial charge in [0.1, 0.15) is 0 Å². The van der Waals surface area contributed by atoms with Gasteiger partial charge in [-0.3, -0.25) is 4.79 Å². The first-order valence-corrected chi connectivity index (χ1v) is 8.02. The Labute approximate surface area is 142 Å². The van der Waals surface area contributed by atoms with Crippen molar-refractivity contribution in [2.24, 2.45) is 0 Å². The maximum Gasteiger partial charge on any atom is 0.251 e. The summed E-state index contributed by atoms with van der Waals surface area (Å²) in [5.41, 5.74) is 5.74. The molecule has 0 fully saturated rings. The average Bonchev–Trinajstić information content (AvgIpc) is 2.88. The van der Waals surface area contributed by atoms with E-state index in [0.717, 1.165) is 28.2 Å². The molecule has 4 nitrogen and oxygen atoms in total. The monoisotopic (exact) mass is 319 g/mol. The maximum absolute atomic E-state index is 12.4. The summed E-state index contributed by atoms with van der Waals surface area (Å²) >= 11 is 0. The Morgan fingerprint density at radius 2 is 1.67 bits per heavy atom. The summed E-state index contributed by atoms with van der Waals surface area (Å²) in [7, 11) is 0. The molecule has 1 aromatic heterocycles. The zero-order valence-corrected chi connectivity index (χ0v) is 14.2. The molecule has 3 aromatic rings. The minimum Gasteiger partial charge on any atom is -0.348 e. The van der Waals surface area contributed by atoms with Crippen molar-refractivity contribution in [2.75, 3.05) is 0 Å². The Balaban J connectivity index is 1.80. The van der Waals surface area contributed by atoms with E-state index in [0.29, 0.717) is 12.1 Å². The van der Waals surface area contributed by atoms with Crippen LogP contribution >= 0.6 is 0 Å². The van der Waals surface area contributed by atoms with Gasteiger partial charge in [-0.15, -0.1) is 0 Å². The molecule has 1 heterocycles. The average molecular weight is 319 g/mol. The largest absolute Gasteiger partial charge is 0.348 e. The first-order valence-electron chi connectivity index (χ1n) is 8.02. The van der Waals surface area contributed by atoms with Gasteiger partial charge in [0.15, 0.2) is 0 Å². The molecule has 0 saturated heterocycles. The highest BCUT2D eigenvalue weighted by molar-refractivity contribution is 5.95. The lowest BCUT2D eigenvalue weighted by Crippen LogP contribution is -2.24. The van der Waals surface area contributed by atoms with Crippen LogP contribution in [0.15, 0.2) is 54.6 Å². The van der Waals surface area contributed by atoms with Crippen LogP contribution in [-0.4, -0.2) is 15.7 Å². The SMILES string of the molecule is Cc1ccccc1C(=O)NCc1c(C)nn(-c2ccccc2)c1C. The molecule has 2 aromatic carbocycles. The molecule has 0 aliphatic carbocycles. The third-order valence-corrected chi connectivity index (χ3v) is 4.26. The predicted octanol–water partition coefficient (Wildman–Crippen LogP) is 3.73. The van der Waals surface area contributed by atoms with E-state index < -0.39 is 0 Å². The van der Waals surface area contributed by atoms with Crippen LogP contribution in [-0.2, 0) is 6.54 Å². The van der Waals surface area contributed by atoms with Crippen molar-refractivity contribution in [3.8, 4) is 5.69 Å². The van der Waals surface area contributed by atoms with Crippen LogP contribution in [0.5, 0.6) is 0 Å². The third-order valence-electron chi connectivity index (χ3n) is 4.26. The van der Waals surface area contributed by atoms with Gasteiger partial charge in [-0.25, -0.2) is 4.68 Å². The molecular formula is C20H21N3O. The highest BCUT2D eigenvalue weighted by atomic mass is 16.1. The topological polar surface area (TPSA) is 46.9 Å². The van der Waals surface area contributed by atoms with Crippen molar-refractivity contribution in [1.82, 2.24) is 15.1 Å². The van der Waals surface area contributed by atoms with Crippen LogP contribution in [0.4, 0.5) is 0 Å². The van der Waals surface area contributed by atoms with Crippen molar-refractivity contribution >= 4 is 5.91 Å². The Kier molecular flexibility index (Phi) is 4.47. The maximum atomic E-state index is 12.4. The Morgan fingerprint density at radius 1 is 1.00 bits per heavy atom. The van der Waals surface area contributed by atoms with E-state index in [9.17, 15) is 4.79 Å². The second kappa shape index (κ2) is 6.71. The Bertz CT molecular complexity index is 866. The molecule has 4 heteroatoms. The van der Waals surface area contributed by atoms with Gasteiger partial charge in [0.2, 0.25) is 0 Å². The van der Waals surface area contributed by atoms with Gasteiger partial charge in [-0.05, 0) is 44.5 Å². The lowest BCUT2D eigenvalue weighted by Gasteiger charge is -2.08. The number of aromatic nitrogens is 2. The molecule has 3 rings (SSSR count). The molecule has 1 amide bonds. The predicted molar refractivity (Wildman–Crippen MR) is 95.4 cm³/mol. The van der Waals surface area contributed by atoms with Crippen molar-refractivity contribution in [1.29, 1.82) is 0 Å². The summed E-state index contributed by atoms with van der Waals surface area (Å²) in [6.45, 7) is 6.42. The van der Waals surface area contributed by atoms with Crippen LogP contribution in [0.1, 0.15) is 32.9 Å². The van der Waals surface area contributed by atoms with Crippen LogP contribution in [0.2, 0.25) is 0 Å². The highest BCUT2D eigenvalue weighted by Crippen LogP contribution is 2.18. The summed E-state index contributed by atoms with van der Waals surface area (Å²) in [5.74, 6) is -0.0561. The van der Waals surface area contributed by atoms with Crippen molar-refractivity contribution in [3.05, 3.63) is 82.7 Å². The molecule has 0 unspecified atom stereocenters. The molecule has 0 bridgehead atoms. The van der Waals surface area contributed by atoms with Gasteiger partial charge in [-0.1, -0.05) is 36.4 Å². The minimum absolute atomic E-state index is 0.0561. The van der Waals surface area contributed by atoms with E-state index in [4.69, 9.17) is 0 Å². The van der Waals surface area contributed by atoms with Crippen LogP contribution in [0, 0.1) is 20.8 Å². The number of benzene rings is 2. The number of para-hydroxylation sites is 1. The molecule has 0 aliphatic rings. The molecule has 0 spiro atoms. The zero-order chi connectivity index (χ0) is 17.1. The van der Waals surface area contributed by atoms with Gasteiger partial charge < -0.3 is 5.32 Å². The van der Waals surface area contributed by atoms with E-state index in [1.54, 1.807) is 0 Å². The number of nitrogens with zero attached hydrogens (tertiary/aromatic N) is 2.